The minimum atomic E-state index is 0.333. The van der Waals surface area contributed by atoms with Gasteiger partial charge < -0.3 is 16.0 Å². The van der Waals surface area contributed by atoms with Crippen molar-refractivity contribution in [3.63, 3.8) is 0 Å². The van der Waals surface area contributed by atoms with Gasteiger partial charge in [0.15, 0.2) is 0 Å². The summed E-state index contributed by atoms with van der Waals surface area (Å²) in [6.07, 6.45) is 19.4. The van der Waals surface area contributed by atoms with Crippen molar-refractivity contribution in [2.75, 3.05) is 11.1 Å². The Bertz CT molecular complexity index is 1550. The molecule has 0 saturated carbocycles. The molecule has 0 aliphatic carbocycles. The number of aromatic nitrogens is 5. The molecule has 5 aromatic rings. The fourth-order valence-electron chi connectivity index (χ4n) is 3.92. The van der Waals surface area contributed by atoms with E-state index in [0.717, 1.165) is 61.7 Å². The second-order valence-corrected chi connectivity index (χ2v) is 8.87. The van der Waals surface area contributed by atoms with E-state index in [0.29, 0.717) is 12.3 Å². The fourth-order valence-corrected chi connectivity index (χ4v) is 3.92. The number of nitrogens with one attached hydrogen (secondary N) is 2. The summed E-state index contributed by atoms with van der Waals surface area (Å²) < 4.78 is 0. The summed E-state index contributed by atoms with van der Waals surface area (Å²) in [6, 6.07) is 12.0. The lowest BCUT2D eigenvalue weighted by molar-refractivity contribution is 0.778. The molecule has 0 aliphatic rings. The third kappa shape index (κ3) is 5.65. The van der Waals surface area contributed by atoms with Gasteiger partial charge in [0.05, 0.1) is 29.1 Å². The quantitative estimate of drug-likeness (QED) is 0.190. The zero-order valence-corrected chi connectivity index (χ0v) is 20.9. The van der Waals surface area contributed by atoms with Gasteiger partial charge >= 0.3 is 0 Å². The topological polar surface area (TPSA) is 105 Å². The number of fused-ring (bicyclic) bond motifs is 1. The van der Waals surface area contributed by atoms with Crippen LogP contribution in [0.15, 0.2) is 85.9 Å². The largest absolute Gasteiger partial charge is 0.398 e. The van der Waals surface area contributed by atoms with E-state index in [1.165, 1.54) is 0 Å². The lowest BCUT2D eigenvalue weighted by Gasteiger charge is -2.14. The minimum absolute atomic E-state index is 0.333. The molecule has 1 aromatic carbocycles. The van der Waals surface area contributed by atoms with Gasteiger partial charge in [0, 0.05) is 59.3 Å². The molecular weight excluding hydrogens is 458 g/mol. The Kier molecular flexibility index (Phi) is 7.60. The summed E-state index contributed by atoms with van der Waals surface area (Å²) in [6.45, 7) is 8.30. The van der Waals surface area contributed by atoms with Gasteiger partial charge in [0.25, 0.3) is 0 Å². The molecule has 0 atom stereocenters. The lowest BCUT2D eigenvalue weighted by atomic mass is 10.0. The summed E-state index contributed by atoms with van der Waals surface area (Å²) in [5, 5.41) is 3.34. The third-order valence-corrected chi connectivity index (χ3v) is 5.99. The Balaban J connectivity index is 0.00000156. The summed E-state index contributed by atoms with van der Waals surface area (Å²) in [5.41, 5.74) is 15.6. The molecule has 4 N–H and O–H groups in total. The van der Waals surface area contributed by atoms with Crippen LogP contribution in [0.5, 0.6) is 0 Å². The molecule has 37 heavy (non-hydrogen) atoms. The highest BCUT2D eigenvalue weighted by Crippen LogP contribution is 2.29. The number of nitrogens with zero attached hydrogens (tertiary/aromatic N) is 4. The smallest absolute Gasteiger partial charge is 0.111 e. The summed E-state index contributed by atoms with van der Waals surface area (Å²) in [4.78, 5) is 21.3. The van der Waals surface area contributed by atoms with Crippen LogP contribution >= 0.6 is 0 Å². The number of imidazole rings is 1. The maximum atomic E-state index is 6.36. The average Bonchev–Trinajstić information content (AvgIpc) is 3.34. The lowest BCUT2D eigenvalue weighted by Crippen LogP contribution is -2.04. The van der Waals surface area contributed by atoms with Crippen molar-refractivity contribution in [1.29, 1.82) is 0 Å². The summed E-state index contributed by atoms with van der Waals surface area (Å²) in [7, 11) is 0. The van der Waals surface area contributed by atoms with E-state index in [1.807, 2.05) is 42.9 Å². The predicted octanol–water partition coefficient (Wildman–Crippen LogP) is 6.09. The van der Waals surface area contributed by atoms with Gasteiger partial charge in [-0.15, -0.1) is 12.8 Å². The van der Waals surface area contributed by atoms with Crippen LogP contribution in [0.25, 0.3) is 33.3 Å². The first-order valence-corrected chi connectivity index (χ1v) is 11.8. The van der Waals surface area contributed by atoms with Gasteiger partial charge in [-0.05, 0) is 41.3 Å². The number of hydrogen-bond acceptors (Lipinski definition) is 6. The highest BCUT2D eigenvalue weighted by molar-refractivity contribution is 5.90. The monoisotopic (exact) mass is 487 g/mol. The van der Waals surface area contributed by atoms with Crippen LogP contribution in [-0.2, 0) is 6.42 Å². The molecule has 7 nitrogen and oxygen atoms in total. The van der Waals surface area contributed by atoms with Crippen LogP contribution in [0.2, 0.25) is 0 Å². The second-order valence-electron chi connectivity index (χ2n) is 8.87. The van der Waals surface area contributed by atoms with Crippen molar-refractivity contribution in [1.82, 2.24) is 24.9 Å². The third-order valence-electron chi connectivity index (χ3n) is 5.99. The Morgan fingerprint density at radius 3 is 2.51 bits per heavy atom. The maximum absolute atomic E-state index is 6.36. The first-order valence-electron chi connectivity index (χ1n) is 11.8. The minimum Gasteiger partial charge on any atom is -0.398 e. The van der Waals surface area contributed by atoms with Crippen molar-refractivity contribution in [2.45, 2.75) is 20.3 Å². The number of hydrogen-bond donors (Lipinski definition) is 3. The van der Waals surface area contributed by atoms with Gasteiger partial charge in [-0.3, -0.25) is 15.0 Å². The molecule has 4 heterocycles. The van der Waals surface area contributed by atoms with E-state index < -0.39 is 0 Å². The van der Waals surface area contributed by atoms with Crippen molar-refractivity contribution in [2.24, 2.45) is 5.92 Å². The normalized spacial score (nSPS) is 10.6. The SMILES string of the molecule is C#C.C=C(Nc1cncc(-c2ccc(N)c(Cc3nc4c(-c5cccnc5)cncc4[nH]3)c2)c1)C(C)C. The average molecular weight is 488 g/mol. The number of pyridine rings is 3. The molecule has 0 aliphatic heterocycles. The van der Waals surface area contributed by atoms with Gasteiger partial charge in [0.2, 0.25) is 0 Å². The van der Waals surface area contributed by atoms with Gasteiger partial charge in [-0.25, -0.2) is 4.98 Å². The number of aromatic amines is 1. The maximum Gasteiger partial charge on any atom is 0.111 e. The molecule has 0 bridgehead atoms. The molecule has 184 valence electrons. The van der Waals surface area contributed by atoms with Crippen LogP contribution in [0.1, 0.15) is 25.2 Å². The zero-order valence-electron chi connectivity index (χ0n) is 20.9. The van der Waals surface area contributed by atoms with Crippen LogP contribution in [0.3, 0.4) is 0 Å². The Labute approximate surface area is 216 Å². The number of terminal acetylenes is 1. The van der Waals surface area contributed by atoms with Crippen molar-refractivity contribution < 1.29 is 0 Å². The van der Waals surface area contributed by atoms with Gasteiger partial charge in [-0.1, -0.05) is 32.6 Å². The van der Waals surface area contributed by atoms with Crippen molar-refractivity contribution >= 4 is 22.4 Å². The summed E-state index contributed by atoms with van der Waals surface area (Å²) in [5.74, 6) is 1.16. The number of nitrogens with two attached hydrogens (primary N) is 1. The van der Waals surface area contributed by atoms with E-state index in [1.54, 1.807) is 18.6 Å². The molecule has 7 heteroatoms. The Hall–Kier alpha value is -4.96. The molecule has 0 saturated heterocycles. The van der Waals surface area contributed by atoms with E-state index in [9.17, 15) is 0 Å². The Morgan fingerprint density at radius 2 is 1.76 bits per heavy atom. The zero-order chi connectivity index (χ0) is 26.4. The van der Waals surface area contributed by atoms with Crippen LogP contribution in [0.4, 0.5) is 11.4 Å². The Morgan fingerprint density at radius 1 is 0.973 bits per heavy atom. The van der Waals surface area contributed by atoms with Crippen molar-refractivity contribution in [3.8, 4) is 35.1 Å². The fraction of sp³-hybridized carbons (Fsp3) is 0.133. The molecule has 0 fully saturated rings. The van der Waals surface area contributed by atoms with Gasteiger partial charge in [-0.2, -0.15) is 0 Å². The molecule has 0 spiro atoms. The molecular formula is C30H29N7. The number of anilines is 2. The number of rotatable bonds is 7. The molecule has 4 aromatic heterocycles. The first kappa shape index (κ1) is 25.1. The number of nitrogen functional groups attached to an aromatic ring is 1. The van der Waals surface area contributed by atoms with Crippen molar-refractivity contribution in [3.05, 3.63) is 97.2 Å². The number of H-pyrrole nitrogens is 1. The van der Waals surface area contributed by atoms with E-state index in [-0.39, 0.29) is 0 Å². The number of benzene rings is 1. The number of allylic oxidation sites excluding steroid dienone is 1. The predicted molar refractivity (Wildman–Crippen MR) is 152 cm³/mol. The van der Waals surface area contributed by atoms with Crippen LogP contribution in [-0.4, -0.2) is 24.9 Å². The van der Waals surface area contributed by atoms with Crippen LogP contribution < -0.4 is 11.1 Å². The molecule has 5 rings (SSSR count). The van der Waals surface area contributed by atoms with E-state index in [2.05, 4.69) is 70.7 Å². The molecule has 0 amide bonds. The van der Waals surface area contributed by atoms with E-state index in [4.69, 9.17) is 10.7 Å². The molecule has 0 unspecified atom stereocenters. The highest BCUT2D eigenvalue weighted by Gasteiger charge is 2.13. The molecule has 0 radical (unpaired) electrons. The van der Waals surface area contributed by atoms with E-state index >= 15 is 0 Å². The van der Waals surface area contributed by atoms with Gasteiger partial charge in [0.1, 0.15) is 5.82 Å². The van der Waals surface area contributed by atoms with Crippen LogP contribution in [0, 0.1) is 18.8 Å². The summed E-state index contributed by atoms with van der Waals surface area (Å²) >= 11 is 0. The first-order chi connectivity index (χ1) is 18.0. The highest BCUT2D eigenvalue weighted by atomic mass is 14.9. The standard InChI is InChI=1S/C28H27N7.C2H2/c1-17(2)18(3)33-23-10-22(13-31-14-23)19-6-7-25(29)21(9-19)11-27-34-26-16-32-15-24(28(26)35-27)20-5-4-8-30-12-20;1-2/h4-10,12-17,33H,3,11,29H2,1-2H3,(H,34,35);1-2H. The second kappa shape index (κ2) is 11.2.